The second-order valence-electron chi connectivity index (χ2n) is 3.18. The monoisotopic (exact) mass is 234 g/mol. The van der Waals surface area contributed by atoms with E-state index in [0.717, 1.165) is 5.76 Å². The first-order valence-electron chi connectivity index (χ1n) is 4.68. The molecule has 0 fully saturated rings. The smallest absolute Gasteiger partial charge is 0.199 e. The van der Waals surface area contributed by atoms with E-state index in [4.69, 9.17) is 15.9 Å². The third kappa shape index (κ3) is 2.48. The van der Waals surface area contributed by atoms with Gasteiger partial charge in [0.15, 0.2) is 17.3 Å². The van der Waals surface area contributed by atoms with Crippen LogP contribution in [0, 0.1) is 6.92 Å². The molecular formula is C9H10N6O2. The molecule has 0 unspecified atom stereocenters. The summed E-state index contributed by atoms with van der Waals surface area (Å²) in [5.41, 5.74) is 11.2. The van der Waals surface area contributed by atoms with Crippen LogP contribution in [-0.2, 0) is 0 Å². The minimum absolute atomic E-state index is 0.0169. The number of nitrogens with zero attached hydrogens (tertiary/aromatic N) is 4. The zero-order valence-corrected chi connectivity index (χ0v) is 8.99. The molecule has 0 saturated heterocycles. The number of furan rings is 1. The Morgan fingerprint density at radius 3 is 2.82 bits per heavy atom. The zero-order valence-electron chi connectivity index (χ0n) is 8.99. The summed E-state index contributed by atoms with van der Waals surface area (Å²) < 4.78 is 9.63. The van der Waals surface area contributed by atoms with E-state index in [1.807, 2.05) is 13.0 Å². The van der Waals surface area contributed by atoms with Crippen molar-refractivity contribution in [2.45, 2.75) is 6.92 Å². The van der Waals surface area contributed by atoms with Gasteiger partial charge in [-0.3, -0.25) is 0 Å². The second-order valence-corrected chi connectivity index (χ2v) is 3.18. The molecule has 0 radical (unpaired) electrons. The van der Waals surface area contributed by atoms with Crippen LogP contribution < -0.4 is 11.5 Å². The van der Waals surface area contributed by atoms with Crippen molar-refractivity contribution in [1.29, 1.82) is 0 Å². The van der Waals surface area contributed by atoms with Crippen molar-refractivity contribution in [3.63, 3.8) is 0 Å². The van der Waals surface area contributed by atoms with E-state index in [0.29, 0.717) is 5.76 Å². The Labute approximate surface area is 96.0 Å². The quantitative estimate of drug-likeness (QED) is 0.446. The first-order chi connectivity index (χ1) is 8.16. The van der Waals surface area contributed by atoms with Crippen LogP contribution in [-0.4, -0.2) is 22.4 Å². The van der Waals surface area contributed by atoms with Crippen LogP contribution in [0.25, 0.3) is 0 Å². The van der Waals surface area contributed by atoms with E-state index < -0.39 is 0 Å². The number of aromatic nitrogens is 2. The maximum absolute atomic E-state index is 5.57. The number of aryl methyl sites for hydroxylation is 1. The molecule has 8 heteroatoms. The Balaban J connectivity index is 2.11. The van der Waals surface area contributed by atoms with E-state index >= 15 is 0 Å². The standard InChI is InChI=1S/C9H10N6O2/c1-5-2-3-6(16-5)4-12-13-8(10)7-9(11)15-17-14-7/h2-4H,1H3,(H2,10,13)(H2,11,15)/b12-4-. The SMILES string of the molecule is Cc1ccc(/C=N\N=C(N)c2nonc2N)o1. The van der Waals surface area contributed by atoms with E-state index in [9.17, 15) is 0 Å². The van der Waals surface area contributed by atoms with Gasteiger partial charge in [-0.1, -0.05) is 0 Å². The van der Waals surface area contributed by atoms with Gasteiger partial charge in [-0.2, -0.15) is 5.10 Å². The molecule has 2 aromatic heterocycles. The lowest BCUT2D eigenvalue weighted by Crippen LogP contribution is -2.15. The number of amidine groups is 1. The summed E-state index contributed by atoms with van der Waals surface area (Å²) in [6.07, 6.45) is 1.42. The number of nitrogen functional groups attached to an aromatic ring is 1. The molecule has 88 valence electrons. The summed E-state index contributed by atoms with van der Waals surface area (Å²) in [6.45, 7) is 1.83. The highest BCUT2D eigenvalue weighted by molar-refractivity contribution is 5.99. The third-order valence-corrected chi connectivity index (χ3v) is 1.87. The molecule has 0 spiro atoms. The van der Waals surface area contributed by atoms with E-state index in [-0.39, 0.29) is 17.3 Å². The fourth-order valence-corrected chi connectivity index (χ4v) is 1.09. The van der Waals surface area contributed by atoms with Gasteiger partial charge >= 0.3 is 0 Å². The van der Waals surface area contributed by atoms with Crippen molar-refractivity contribution in [2.24, 2.45) is 15.9 Å². The van der Waals surface area contributed by atoms with E-state index in [1.165, 1.54) is 6.21 Å². The van der Waals surface area contributed by atoms with Crippen LogP contribution in [0.1, 0.15) is 17.2 Å². The van der Waals surface area contributed by atoms with Crippen molar-refractivity contribution in [1.82, 2.24) is 10.3 Å². The lowest BCUT2D eigenvalue weighted by atomic mass is 10.4. The molecule has 17 heavy (non-hydrogen) atoms. The highest BCUT2D eigenvalue weighted by Gasteiger charge is 2.09. The summed E-state index contributed by atoms with van der Waals surface area (Å²) in [7, 11) is 0. The summed E-state index contributed by atoms with van der Waals surface area (Å²) in [5.74, 6) is 1.44. The van der Waals surface area contributed by atoms with Crippen LogP contribution in [0.3, 0.4) is 0 Å². The van der Waals surface area contributed by atoms with Gasteiger partial charge in [0, 0.05) is 0 Å². The Kier molecular flexibility index (Phi) is 2.86. The van der Waals surface area contributed by atoms with Gasteiger partial charge in [0.25, 0.3) is 0 Å². The fourth-order valence-electron chi connectivity index (χ4n) is 1.09. The molecular weight excluding hydrogens is 224 g/mol. The maximum atomic E-state index is 5.57. The molecule has 0 saturated carbocycles. The number of nitrogens with two attached hydrogens (primary N) is 2. The summed E-state index contributed by atoms with van der Waals surface area (Å²) in [6, 6.07) is 3.57. The molecule has 0 amide bonds. The van der Waals surface area contributed by atoms with Gasteiger partial charge in [0.1, 0.15) is 11.5 Å². The second kappa shape index (κ2) is 4.47. The van der Waals surface area contributed by atoms with Crippen LogP contribution in [0.4, 0.5) is 5.82 Å². The molecule has 2 rings (SSSR count). The van der Waals surface area contributed by atoms with Gasteiger partial charge in [0.05, 0.1) is 6.21 Å². The Morgan fingerprint density at radius 2 is 2.24 bits per heavy atom. The predicted octanol–water partition coefficient (Wildman–Crippen LogP) is 0.293. The number of rotatable bonds is 3. The molecule has 0 bridgehead atoms. The summed E-state index contributed by atoms with van der Waals surface area (Å²) >= 11 is 0. The minimum Gasteiger partial charge on any atom is -0.460 e. The molecule has 0 aliphatic heterocycles. The molecule has 0 aliphatic carbocycles. The van der Waals surface area contributed by atoms with Crippen LogP contribution in [0.2, 0.25) is 0 Å². The molecule has 0 aromatic carbocycles. The number of anilines is 1. The largest absolute Gasteiger partial charge is 0.460 e. The lowest BCUT2D eigenvalue weighted by Gasteiger charge is -1.90. The molecule has 0 atom stereocenters. The van der Waals surface area contributed by atoms with Gasteiger partial charge in [-0.05, 0) is 29.4 Å². The van der Waals surface area contributed by atoms with Crippen molar-refractivity contribution < 1.29 is 9.05 Å². The lowest BCUT2D eigenvalue weighted by molar-refractivity contribution is 0.308. The van der Waals surface area contributed by atoms with E-state index in [2.05, 4.69) is 25.1 Å². The number of hydrogen-bond acceptors (Lipinski definition) is 7. The van der Waals surface area contributed by atoms with Gasteiger partial charge in [0.2, 0.25) is 0 Å². The molecule has 8 nitrogen and oxygen atoms in total. The highest BCUT2D eigenvalue weighted by Crippen LogP contribution is 2.04. The van der Waals surface area contributed by atoms with Crippen molar-refractivity contribution >= 4 is 17.9 Å². The van der Waals surface area contributed by atoms with Crippen molar-refractivity contribution in [3.8, 4) is 0 Å². The normalized spacial score (nSPS) is 12.4. The van der Waals surface area contributed by atoms with Crippen LogP contribution >= 0.6 is 0 Å². The van der Waals surface area contributed by atoms with Gasteiger partial charge in [-0.25, -0.2) is 4.63 Å². The summed E-state index contributed by atoms with van der Waals surface area (Å²) in [5, 5.41) is 14.3. The topological polar surface area (TPSA) is 129 Å². The predicted molar refractivity (Wildman–Crippen MR) is 60.5 cm³/mol. The van der Waals surface area contributed by atoms with Crippen molar-refractivity contribution in [3.05, 3.63) is 29.3 Å². The van der Waals surface area contributed by atoms with Crippen LogP contribution in [0.5, 0.6) is 0 Å². The van der Waals surface area contributed by atoms with Gasteiger partial charge in [-0.15, -0.1) is 5.10 Å². The minimum atomic E-state index is 0.0169. The number of hydrogen-bond donors (Lipinski definition) is 2. The average Bonchev–Trinajstić information content (AvgIpc) is 2.87. The first kappa shape index (κ1) is 10.9. The molecule has 2 aromatic rings. The Morgan fingerprint density at radius 1 is 1.41 bits per heavy atom. The first-order valence-corrected chi connectivity index (χ1v) is 4.68. The molecule has 0 aliphatic rings. The van der Waals surface area contributed by atoms with Gasteiger partial charge < -0.3 is 15.9 Å². The van der Waals surface area contributed by atoms with E-state index in [1.54, 1.807) is 6.07 Å². The highest BCUT2D eigenvalue weighted by atomic mass is 16.6. The van der Waals surface area contributed by atoms with Crippen molar-refractivity contribution in [2.75, 3.05) is 5.73 Å². The van der Waals surface area contributed by atoms with Crippen LogP contribution in [0.15, 0.2) is 31.4 Å². The Hall–Kier alpha value is -2.64. The average molecular weight is 234 g/mol. The third-order valence-electron chi connectivity index (χ3n) is 1.87. The summed E-state index contributed by atoms with van der Waals surface area (Å²) in [4.78, 5) is 0. The molecule has 4 N–H and O–H groups in total. The molecule has 2 heterocycles. The fraction of sp³-hybridized carbons (Fsp3) is 0.111. The zero-order chi connectivity index (χ0) is 12.3. The maximum Gasteiger partial charge on any atom is 0.199 e. The Bertz CT molecular complexity index is 568.